The number of amides is 1. The Morgan fingerprint density at radius 2 is 1.88 bits per heavy atom. The van der Waals surface area contributed by atoms with Gasteiger partial charge in [-0.25, -0.2) is 4.68 Å². The summed E-state index contributed by atoms with van der Waals surface area (Å²) in [5.74, 6) is -0.536. The summed E-state index contributed by atoms with van der Waals surface area (Å²) in [6, 6.07) is 5.34. The Morgan fingerprint density at radius 3 is 2.52 bits per heavy atom. The molecule has 0 unspecified atom stereocenters. The Labute approximate surface area is 243 Å². The number of hydrogen-bond donors (Lipinski definition) is 2. The molecule has 3 aromatic rings. The number of likely N-dealkylation sites (tertiary alicyclic amines) is 1. The predicted octanol–water partition coefficient (Wildman–Crippen LogP) is 5.25. The molecule has 9 nitrogen and oxygen atoms in total. The third-order valence-corrected chi connectivity index (χ3v) is 7.66. The number of rotatable bonds is 10. The molecule has 3 heterocycles. The molecule has 4 rings (SSSR count). The van der Waals surface area contributed by atoms with Gasteiger partial charge in [-0.2, -0.15) is 18.3 Å². The Bertz CT molecular complexity index is 1520. The van der Waals surface area contributed by atoms with E-state index < -0.39 is 17.7 Å². The summed E-state index contributed by atoms with van der Waals surface area (Å²) >= 11 is 0. The lowest BCUT2D eigenvalue weighted by molar-refractivity contribution is -0.112. The molecule has 1 amide bonds. The maximum atomic E-state index is 13.5. The number of alkyl halides is 3. The molecule has 0 aliphatic carbocycles. The molecule has 224 valence electrons. The highest BCUT2D eigenvalue weighted by Crippen LogP contribution is 2.30. The summed E-state index contributed by atoms with van der Waals surface area (Å²) < 4.78 is 43.9. The van der Waals surface area contributed by atoms with E-state index in [9.17, 15) is 18.0 Å². The summed E-state index contributed by atoms with van der Waals surface area (Å²) in [5.41, 5.74) is 4.09. The van der Waals surface area contributed by atoms with Crippen LogP contribution >= 0.6 is 0 Å². The third-order valence-electron chi connectivity index (χ3n) is 7.66. The van der Waals surface area contributed by atoms with Crippen LogP contribution in [0.4, 0.5) is 18.9 Å². The van der Waals surface area contributed by atoms with Crippen LogP contribution in [0.1, 0.15) is 37.9 Å². The summed E-state index contributed by atoms with van der Waals surface area (Å²) in [4.78, 5) is 15.4. The maximum absolute atomic E-state index is 13.5. The molecule has 0 saturated carbocycles. The lowest BCUT2D eigenvalue weighted by Gasteiger charge is -2.20. The third kappa shape index (κ3) is 7.17. The van der Waals surface area contributed by atoms with Crippen LogP contribution in [0.3, 0.4) is 0 Å². The number of carbonyl (C=O) groups excluding carboxylic acids is 1. The van der Waals surface area contributed by atoms with Gasteiger partial charge in [-0.05, 0) is 83.0 Å². The number of halogens is 3. The van der Waals surface area contributed by atoms with Gasteiger partial charge in [-0.15, -0.1) is 5.10 Å². The van der Waals surface area contributed by atoms with Crippen LogP contribution in [-0.4, -0.2) is 67.9 Å². The van der Waals surface area contributed by atoms with Gasteiger partial charge < -0.3 is 15.5 Å². The first-order valence-electron chi connectivity index (χ1n) is 13.8. The minimum Gasteiger partial charge on any atom is -0.384 e. The second kappa shape index (κ2) is 12.8. The largest absolute Gasteiger partial charge is 0.412 e. The standard InChI is InChI=1S/C30H37F3N8O/c1-19-9-10-24(16-28(19)41-18-27(37-38-41)25-17-35-39(6)23(25)5)36-29(42)20(2)15-26(21(3)22(4)30(31,32)33)34-11-14-40-12-7-8-13-40/h9-10,15-18,34H,2,7-8,11-14H2,1,3-6H3,(H,36,42)/b22-21+,26-15+. The Balaban J connectivity index is 1.52. The van der Waals surface area contributed by atoms with Crippen molar-refractivity contribution in [1.82, 2.24) is 35.0 Å². The topological polar surface area (TPSA) is 92.9 Å². The Morgan fingerprint density at radius 1 is 1.17 bits per heavy atom. The van der Waals surface area contributed by atoms with Crippen LogP contribution in [0.5, 0.6) is 0 Å². The molecule has 0 spiro atoms. The molecule has 1 saturated heterocycles. The van der Waals surface area contributed by atoms with Gasteiger partial charge in [0, 0.05) is 53.9 Å². The van der Waals surface area contributed by atoms with Crippen LogP contribution in [0.2, 0.25) is 0 Å². The van der Waals surface area contributed by atoms with E-state index in [0.29, 0.717) is 30.2 Å². The first-order chi connectivity index (χ1) is 19.8. The fraction of sp³-hybridized carbons (Fsp3) is 0.400. The van der Waals surface area contributed by atoms with Crippen molar-refractivity contribution >= 4 is 11.6 Å². The fourth-order valence-electron chi connectivity index (χ4n) is 4.70. The predicted molar refractivity (Wildman–Crippen MR) is 157 cm³/mol. The number of aromatic nitrogens is 5. The van der Waals surface area contributed by atoms with E-state index in [1.807, 2.05) is 27.0 Å². The van der Waals surface area contributed by atoms with Crippen LogP contribution in [0, 0.1) is 13.8 Å². The van der Waals surface area contributed by atoms with Gasteiger partial charge in [0.05, 0.1) is 18.1 Å². The Hall–Kier alpha value is -4.19. The molecular formula is C30H37F3N8O. The quantitative estimate of drug-likeness (QED) is 0.251. The van der Waals surface area contributed by atoms with Crippen molar-refractivity contribution in [3.8, 4) is 16.9 Å². The number of allylic oxidation sites excluding steroid dienone is 2. The monoisotopic (exact) mass is 582 g/mol. The van der Waals surface area contributed by atoms with Crippen molar-refractivity contribution in [1.29, 1.82) is 0 Å². The smallest absolute Gasteiger partial charge is 0.384 e. The minimum atomic E-state index is -4.49. The van der Waals surface area contributed by atoms with Crippen molar-refractivity contribution < 1.29 is 18.0 Å². The minimum absolute atomic E-state index is 0.0151. The number of benzene rings is 1. The molecule has 2 N–H and O–H groups in total. The summed E-state index contributed by atoms with van der Waals surface area (Å²) in [6.45, 7) is 13.2. The van der Waals surface area contributed by atoms with Crippen LogP contribution in [0.25, 0.3) is 16.9 Å². The molecule has 12 heteroatoms. The van der Waals surface area contributed by atoms with E-state index >= 15 is 0 Å². The summed E-state index contributed by atoms with van der Waals surface area (Å²) in [7, 11) is 1.85. The van der Waals surface area contributed by atoms with Gasteiger partial charge in [0.1, 0.15) is 5.69 Å². The molecule has 0 atom stereocenters. The average Bonchev–Trinajstić information content (AvgIpc) is 3.70. The van der Waals surface area contributed by atoms with Crippen LogP contribution in [-0.2, 0) is 11.8 Å². The van der Waals surface area contributed by atoms with Crippen molar-refractivity contribution in [3.63, 3.8) is 0 Å². The first-order valence-corrected chi connectivity index (χ1v) is 13.8. The second-order valence-corrected chi connectivity index (χ2v) is 10.6. The van der Waals surface area contributed by atoms with Crippen LogP contribution in [0.15, 0.2) is 65.7 Å². The van der Waals surface area contributed by atoms with Gasteiger partial charge in [0.25, 0.3) is 5.91 Å². The summed E-state index contributed by atoms with van der Waals surface area (Å²) in [5, 5.41) is 18.7. The summed E-state index contributed by atoms with van der Waals surface area (Å²) in [6.07, 6.45) is 2.65. The lowest BCUT2D eigenvalue weighted by atomic mass is 10.0. The highest BCUT2D eigenvalue weighted by Gasteiger charge is 2.32. The first kappa shape index (κ1) is 30.8. The highest BCUT2D eigenvalue weighted by atomic mass is 19.4. The molecule has 1 aromatic carbocycles. The highest BCUT2D eigenvalue weighted by molar-refractivity contribution is 6.05. The molecule has 0 radical (unpaired) electrons. The number of nitrogens with one attached hydrogen (secondary N) is 2. The number of hydrogen-bond acceptors (Lipinski definition) is 6. The average molecular weight is 583 g/mol. The molecule has 1 aliphatic heterocycles. The van der Waals surface area contributed by atoms with E-state index in [2.05, 4.69) is 37.5 Å². The van der Waals surface area contributed by atoms with Crippen molar-refractivity contribution in [2.75, 3.05) is 31.5 Å². The van der Waals surface area contributed by atoms with Crippen molar-refractivity contribution in [3.05, 3.63) is 76.9 Å². The molecular weight excluding hydrogens is 545 g/mol. The van der Waals surface area contributed by atoms with Gasteiger partial charge in [-0.1, -0.05) is 17.9 Å². The zero-order valence-corrected chi connectivity index (χ0v) is 24.6. The zero-order chi connectivity index (χ0) is 30.6. The number of nitrogens with zero attached hydrogens (tertiary/aromatic N) is 6. The molecule has 1 aliphatic rings. The second-order valence-electron chi connectivity index (χ2n) is 10.6. The number of anilines is 1. The van der Waals surface area contributed by atoms with Gasteiger partial charge in [0.15, 0.2) is 0 Å². The molecule has 42 heavy (non-hydrogen) atoms. The SMILES string of the molecule is C=C(/C=C(NCCN1CCCC1)\C(C)=C(/C)C(F)(F)F)C(=O)Nc1ccc(C)c(-n2cc(-c3cnn(C)c3C)nn2)c1. The van der Waals surface area contributed by atoms with E-state index in [1.165, 1.54) is 13.0 Å². The maximum Gasteiger partial charge on any atom is 0.412 e. The normalized spacial score (nSPS) is 15.1. The molecule has 0 bridgehead atoms. The van der Waals surface area contributed by atoms with E-state index in [4.69, 9.17) is 0 Å². The zero-order valence-electron chi connectivity index (χ0n) is 24.6. The Kier molecular flexibility index (Phi) is 9.35. The molecule has 1 fully saturated rings. The fourth-order valence-corrected chi connectivity index (χ4v) is 4.70. The van der Waals surface area contributed by atoms with E-state index in [0.717, 1.165) is 49.7 Å². The van der Waals surface area contributed by atoms with Crippen molar-refractivity contribution in [2.45, 2.75) is 46.7 Å². The number of aryl methyl sites for hydroxylation is 2. The number of carbonyl (C=O) groups is 1. The van der Waals surface area contributed by atoms with Crippen molar-refractivity contribution in [2.24, 2.45) is 7.05 Å². The van der Waals surface area contributed by atoms with E-state index in [1.54, 1.807) is 33.9 Å². The van der Waals surface area contributed by atoms with E-state index in [-0.39, 0.29) is 16.8 Å². The molecule has 2 aromatic heterocycles. The lowest BCUT2D eigenvalue weighted by Crippen LogP contribution is -2.30. The van der Waals surface area contributed by atoms with Gasteiger partial charge in [-0.3, -0.25) is 9.48 Å². The van der Waals surface area contributed by atoms with Gasteiger partial charge >= 0.3 is 6.18 Å². The van der Waals surface area contributed by atoms with Gasteiger partial charge in [0.2, 0.25) is 0 Å². The van der Waals surface area contributed by atoms with Crippen LogP contribution < -0.4 is 10.6 Å².